The second-order valence-electron chi connectivity index (χ2n) is 2.87. The zero-order valence-corrected chi connectivity index (χ0v) is 9.86. The topological polar surface area (TPSA) is 75.0 Å². The number of hydrogen-bond acceptors (Lipinski definition) is 5. The number of esters is 1. The van der Waals surface area contributed by atoms with Crippen molar-refractivity contribution in [3.8, 4) is 6.07 Å². The highest BCUT2D eigenvalue weighted by Crippen LogP contribution is 2.17. The fourth-order valence-corrected chi connectivity index (χ4v) is 1.15. The monoisotopic (exact) mass is 251 g/mol. The Labute approximate surface area is 104 Å². The summed E-state index contributed by atoms with van der Waals surface area (Å²) in [5.41, 5.74) is -0.145. The van der Waals surface area contributed by atoms with Crippen molar-refractivity contribution < 1.29 is 9.53 Å². The Kier molecular flexibility index (Phi) is 4.98. The fraction of sp³-hybridized carbons (Fsp3) is 0.182. The van der Waals surface area contributed by atoms with E-state index in [1.54, 1.807) is 31.3 Å². The van der Waals surface area contributed by atoms with E-state index >= 15 is 0 Å². The summed E-state index contributed by atoms with van der Waals surface area (Å²) in [5.74, 6) is -0.319. The lowest BCUT2D eigenvalue weighted by Crippen LogP contribution is -2.08. The molecule has 6 heteroatoms. The van der Waals surface area contributed by atoms with Crippen molar-refractivity contribution >= 4 is 23.4 Å². The molecule has 0 amide bonds. The molecule has 1 aromatic rings. The number of nitrogens with zero attached hydrogens (tertiary/aromatic N) is 2. The van der Waals surface area contributed by atoms with E-state index in [1.807, 2.05) is 0 Å². The van der Waals surface area contributed by atoms with Crippen molar-refractivity contribution in [2.45, 2.75) is 6.92 Å². The van der Waals surface area contributed by atoms with Crippen molar-refractivity contribution in [3.05, 3.63) is 35.1 Å². The summed E-state index contributed by atoms with van der Waals surface area (Å²) in [7, 11) is 0. The summed E-state index contributed by atoms with van der Waals surface area (Å²) in [4.78, 5) is 15.2. The van der Waals surface area contributed by atoms with Gasteiger partial charge >= 0.3 is 5.97 Å². The molecule has 0 saturated heterocycles. The summed E-state index contributed by atoms with van der Waals surface area (Å²) in [6, 6.07) is 5.04. The molecule has 88 valence electrons. The molecule has 0 unspecified atom stereocenters. The maximum Gasteiger partial charge on any atom is 0.350 e. The molecule has 1 aromatic heterocycles. The zero-order chi connectivity index (χ0) is 12.7. The van der Waals surface area contributed by atoms with Crippen LogP contribution in [0.1, 0.15) is 6.92 Å². The van der Waals surface area contributed by atoms with E-state index < -0.39 is 5.97 Å². The molecule has 0 aliphatic carbocycles. The lowest BCUT2D eigenvalue weighted by atomic mass is 10.3. The van der Waals surface area contributed by atoms with E-state index in [2.05, 4.69) is 10.3 Å². The number of pyridine rings is 1. The molecule has 0 radical (unpaired) electrons. The maximum atomic E-state index is 11.3. The average Bonchev–Trinajstić information content (AvgIpc) is 2.32. The molecular weight excluding hydrogens is 242 g/mol. The molecule has 0 bridgehead atoms. The molecule has 17 heavy (non-hydrogen) atoms. The minimum absolute atomic E-state index is 0.145. The minimum atomic E-state index is -0.686. The van der Waals surface area contributed by atoms with Crippen LogP contribution in [0.2, 0.25) is 5.02 Å². The lowest BCUT2D eigenvalue weighted by Gasteiger charge is -2.03. The molecule has 0 atom stereocenters. The van der Waals surface area contributed by atoms with Crippen LogP contribution in [0, 0.1) is 11.3 Å². The molecular formula is C11H10ClN3O2. The van der Waals surface area contributed by atoms with E-state index in [4.69, 9.17) is 21.6 Å². The van der Waals surface area contributed by atoms with Crippen LogP contribution in [0.3, 0.4) is 0 Å². The first-order valence-electron chi connectivity index (χ1n) is 4.83. The van der Waals surface area contributed by atoms with Crippen molar-refractivity contribution in [2.75, 3.05) is 11.9 Å². The Hall–Kier alpha value is -2.06. The van der Waals surface area contributed by atoms with Gasteiger partial charge in [-0.25, -0.2) is 9.78 Å². The Balaban J connectivity index is 2.79. The third-order valence-corrected chi connectivity index (χ3v) is 2.03. The van der Waals surface area contributed by atoms with E-state index in [0.29, 0.717) is 10.8 Å². The molecule has 0 aromatic carbocycles. The summed E-state index contributed by atoms with van der Waals surface area (Å²) >= 11 is 5.84. The van der Waals surface area contributed by atoms with Gasteiger partial charge in [-0.15, -0.1) is 0 Å². The predicted molar refractivity (Wildman–Crippen MR) is 63.2 cm³/mol. The van der Waals surface area contributed by atoms with Gasteiger partial charge in [-0.3, -0.25) is 0 Å². The smallest absolute Gasteiger partial charge is 0.350 e. The molecule has 1 N–H and O–H groups in total. The first-order valence-corrected chi connectivity index (χ1v) is 5.21. The van der Waals surface area contributed by atoms with Gasteiger partial charge in [-0.1, -0.05) is 11.6 Å². The number of ether oxygens (including phenoxy) is 1. The average molecular weight is 252 g/mol. The third kappa shape index (κ3) is 3.78. The number of aromatic nitrogens is 1. The highest BCUT2D eigenvalue weighted by atomic mass is 35.5. The van der Waals surface area contributed by atoms with Crippen molar-refractivity contribution in [1.29, 1.82) is 5.26 Å². The number of nitriles is 1. The molecule has 0 spiro atoms. The number of carbonyl (C=O) groups is 1. The quantitative estimate of drug-likeness (QED) is 0.504. The Morgan fingerprint density at radius 1 is 1.76 bits per heavy atom. The van der Waals surface area contributed by atoms with Gasteiger partial charge < -0.3 is 10.1 Å². The van der Waals surface area contributed by atoms with Gasteiger partial charge in [0, 0.05) is 12.4 Å². The van der Waals surface area contributed by atoms with Gasteiger partial charge in [0.15, 0.2) is 5.57 Å². The van der Waals surface area contributed by atoms with Crippen LogP contribution in [0.4, 0.5) is 5.82 Å². The number of rotatable bonds is 4. The molecule has 0 aliphatic heterocycles. The van der Waals surface area contributed by atoms with Crippen LogP contribution in [0.15, 0.2) is 30.1 Å². The largest absolute Gasteiger partial charge is 0.462 e. The number of carbonyl (C=O) groups excluding carboxylic acids is 1. The van der Waals surface area contributed by atoms with E-state index in [0.717, 1.165) is 0 Å². The molecule has 0 aliphatic rings. The lowest BCUT2D eigenvalue weighted by molar-refractivity contribution is -0.138. The second kappa shape index (κ2) is 6.51. The van der Waals surface area contributed by atoms with E-state index in [-0.39, 0.29) is 12.2 Å². The SMILES string of the molecule is CCOC(=O)C(C#N)=CNc1ncccc1Cl. The van der Waals surface area contributed by atoms with Crippen molar-refractivity contribution in [3.63, 3.8) is 0 Å². The summed E-state index contributed by atoms with van der Waals surface area (Å²) in [5, 5.41) is 11.8. The van der Waals surface area contributed by atoms with Gasteiger partial charge in [-0.2, -0.15) is 5.26 Å². The van der Waals surface area contributed by atoms with Gasteiger partial charge in [0.05, 0.1) is 11.6 Å². The first-order chi connectivity index (χ1) is 8.19. The zero-order valence-electron chi connectivity index (χ0n) is 9.11. The highest BCUT2D eigenvalue weighted by molar-refractivity contribution is 6.32. The van der Waals surface area contributed by atoms with Crippen LogP contribution < -0.4 is 5.32 Å². The molecule has 0 fully saturated rings. The molecule has 5 nitrogen and oxygen atoms in total. The van der Waals surface area contributed by atoms with Crippen molar-refractivity contribution in [1.82, 2.24) is 4.98 Å². The number of anilines is 1. The standard InChI is InChI=1S/C11H10ClN3O2/c1-2-17-11(16)8(6-13)7-15-10-9(12)4-3-5-14-10/h3-5,7H,2H2,1H3,(H,14,15). The molecule has 1 heterocycles. The predicted octanol–water partition coefficient (Wildman–Crippen LogP) is 2.12. The molecule has 1 rings (SSSR count). The van der Waals surface area contributed by atoms with Gasteiger partial charge in [0.25, 0.3) is 0 Å². The Morgan fingerprint density at radius 3 is 3.12 bits per heavy atom. The summed E-state index contributed by atoms with van der Waals surface area (Å²) < 4.78 is 4.69. The maximum absolute atomic E-state index is 11.3. The first kappa shape index (κ1) is 13.0. The van der Waals surface area contributed by atoms with Gasteiger partial charge in [0.2, 0.25) is 0 Å². The number of halogens is 1. The van der Waals surface area contributed by atoms with Gasteiger partial charge in [-0.05, 0) is 19.1 Å². The van der Waals surface area contributed by atoms with Crippen LogP contribution in [-0.2, 0) is 9.53 Å². The normalized spacial score (nSPS) is 10.5. The van der Waals surface area contributed by atoms with Gasteiger partial charge in [0.1, 0.15) is 11.9 Å². The third-order valence-electron chi connectivity index (χ3n) is 1.73. The summed E-state index contributed by atoms with van der Waals surface area (Å²) in [6.07, 6.45) is 2.75. The Bertz CT molecular complexity index is 480. The second-order valence-corrected chi connectivity index (χ2v) is 3.28. The van der Waals surface area contributed by atoms with Crippen LogP contribution in [0.25, 0.3) is 0 Å². The van der Waals surface area contributed by atoms with Crippen LogP contribution >= 0.6 is 11.6 Å². The van der Waals surface area contributed by atoms with Crippen LogP contribution in [-0.4, -0.2) is 17.6 Å². The Morgan fingerprint density at radius 2 is 2.53 bits per heavy atom. The van der Waals surface area contributed by atoms with E-state index in [9.17, 15) is 4.79 Å². The number of nitrogens with one attached hydrogen (secondary N) is 1. The fourth-order valence-electron chi connectivity index (χ4n) is 0.978. The molecule has 0 saturated carbocycles. The van der Waals surface area contributed by atoms with Crippen molar-refractivity contribution in [2.24, 2.45) is 0 Å². The minimum Gasteiger partial charge on any atom is -0.462 e. The summed E-state index contributed by atoms with van der Waals surface area (Å²) in [6.45, 7) is 1.87. The number of hydrogen-bond donors (Lipinski definition) is 1. The van der Waals surface area contributed by atoms with E-state index in [1.165, 1.54) is 6.20 Å². The highest BCUT2D eigenvalue weighted by Gasteiger charge is 2.09. The van der Waals surface area contributed by atoms with Crippen LogP contribution in [0.5, 0.6) is 0 Å².